The number of amides is 1. The summed E-state index contributed by atoms with van der Waals surface area (Å²) in [6, 6.07) is 4.34. The fraction of sp³-hybridized carbons (Fsp3) is 0.571. The van der Waals surface area contributed by atoms with Gasteiger partial charge in [0.05, 0.1) is 5.56 Å². The first-order valence-corrected chi connectivity index (χ1v) is 6.90. The Balaban J connectivity index is 1.76. The van der Waals surface area contributed by atoms with E-state index in [0.717, 1.165) is 24.9 Å². The predicted octanol–water partition coefficient (Wildman–Crippen LogP) is 1.34. The van der Waals surface area contributed by atoms with Crippen molar-refractivity contribution in [2.45, 2.75) is 25.8 Å². The lowest BCUT2D eigenvalue weighted by atomic mass is 10.2. The van der Waals surface area contributed by atoms with Crippen molar-refractivity contribution in [3.63, 3.8) is 0 Å². The van der Waals surface area contributed by atoms with Crippen LogP contribution in [-0.4, -0.2) is 48.5 Å². The second kappa shape index (κ2) is 6.52. The zero-order valence-electron chi connectivity index (χ0n) is 11.6. The second-order valence-corrected chi connectivity index (χ2v) is 4.80. The number of likely N-dealkylation sites (N-methyl/N-ethyl adjacent to an activating group) is 1. The van der Waals surface area contributed by atoms with Crippen LogP contribution in [0, 0.1) is 0 Å². The van der Waals surface area contributed by atoms with E-state index in [1.165, 1.54) is 12.8 Å². The van der Waals surface area contributed by atoms with Gasteiger partial charge in [0.1, 0.15) is 5.82 Å². The summed E-state index contributed by atoms with van der Waals surface area (Å²) in [6.07, 6.45) is 4.20. The molecule has 5 heteroatoms. The number of carbonyl (C=O) groups is 1. The van der Waals surface area contributed by atoms with Gasteiger partial charge in [-0.1, -0.05) is 6.92 Å². The third-order valence-electron chi connectivity index (χ3n) is 3.44. The molecule has 0 atom stereocenters. The van der Waals surface area contributed by atoms with Gasteiger partial charge in [-0.2, -0.15) is 0 Å². The average Bonchev–Trinajstić information content (AvgIpc) is 3.28. The number of hydrogen-bond donors (Lipinski definition) is 2. The molecule has 0 aliphatic heterocycles. The molecule has 0 unspecified atom stereocenters. The molecule has 1 amide bonds. The van der Waals surface area contributed by atoms with Crippen LogP contribution >= 0.6 is 0 Å². The van der Waals surface area contributed by atoms with Gasteiger partial charge in [-0.25, -0.2) is 4.98 Å². The van der Waals surface area contributed by atoms with E-state index in [2.05, 4.69) is 27.4 Å². The van der Waals surface area contributed by atoms with Crippen molar-refractivity contribution in [2.75, 3.05) is 32.0 Å². The van der Waals surface area contributed by atoms with Crippen molar-refractivity contribution in [3.8, 4) is 0 Å². The van der Waals surface area contributed by atoms with Crippen LogP contribution < -0.4 is 10.6 Å². The lowest BCUT2D eigenvalue weighted by Crippen LogP contribution is -2.36. The van der Waals surface area contributed by atoms with Gasteiger partial charge >= 0.3 is 0 Å². The van der Waals surface area contributed by atoms with Crippen LogP contribution in [0.1, 0.15) is 30.1 Å². The lowest BCUT2D eigenvalue weighted by molar-refractivity contribution is 0.0947. The molecule has 1 fully saturated rings. The van der Waals surface area contributed by atoms with Gasteiger partial charge in [0.2, 0.25) is 0 Å². The minimum absolute atomic E-state index is 0.0537. The van der Waals surface area contributed by atoms with Crippen LogP contribution in [0.15, 0.2) is 18.3 Å². The molecule has 0 bridgehead atoms. The van der Waals surface area contributed by atoms with Crippen LogP contribution in [0.5, 0.6) is 0 Å². The van der Waals surface area contributed by atoms with Crippen LogP contribution in [0.2, 0.25) is 0 Å². The topological polar surface area (TPSA) is 57.3 Å². The summed E-state index contributed by atoms with van der Waals surface area (Å²) >= 11 is 0. The summed E-state index contributed by atoms with van der Waals surface area (Å²) < 4.78 is 0. The monoisotopic (exact) mass is 262 g/mol. The summed E-state index contributed by atoms with van der Waals surface area (Å²) in [5.41, 5.74) is 0.605. The van der Waals surface area contributed by atoms with Crippen molar-refractivity contribution >= 4 is 11.7 Å². The molecular formula is C14H22N4O. The summed E-state index contributed by atoms with van der Waals surface area (Å²) in [5, 5.41) is 5.87. The van der Waals surface area contributed by atoms with E-state index in [9.17, 15) is 4.79 Å². The zero-order valence-corrected chi connectivity index (χ0v) is 11.6. The van der Waals surface area contributed by atoms with Gasteiger partial charge in [0.25, 0.3) is 5.91 Å². The molecule has 0 saturated heterocycles. The fourth-order valence-corrected chi connectivity index (χ4v) is 2.13. The highest BCUT2D eigenvalue weighted by molar-refractivity contribution is 5.94. The molecule has 1 aliphatic carbocycles. The van der Waals surface area contributed by atoms with Crippen LogP contribution in [0.4, 0.5) is 5.82 Å². The Kier molecular flexibility index (Phi) is 4.74. The van der Waals surface area contributed by atoms with Gasteiger partial charge < -0.3 is 10.6 Å². The number of nitrogens with zero attached hydrogens (tertiary/aromatic N) is 2. The Labute approximate surface area is 114 Å². The highest BCUT2D eigenvalue weighted by Crippen LogP contribution is 2.25. The Morgan fingerprint density at radius 3 is 2.79 bits per heavy atom. The molecule has 1 aromatic rings. The second-order valence-electron chi connectivity index (χ2n) is 4.80. The molecule has 1 heterocycles. The first-order valence-electron chi connectivity index (χ1n) is 6.90. The number of nitrogens with one attached hydrogen (secondary N) is 2. The number of carbonyl (C=O) groups excluding carboxylic acids is 1. The normalized spacial score (nSPS) is 14.5. The molecule has 1 aliphatic rings. The molecular weight excluding hydrogens is 240 g/mol. The molecule has 0 spiro atoms. The zero-order chi connectivity index (χ0) is 13.7. The Morgan fingerprint density at radius 2 is 2.26 bits per heavy atom. The summed E-state index contributed by atoms with van der Waals surface area (Å²) in [7, 11) is 1.80. The summed E-state index contributed by atoms with van der Waals surface area (Å²) in [4.78, 5) is 18.5. The van der Waals surface area contributed by atoms with Crippen molar-refractivity contribution in [2.24, 2.45) is 0 Å². The van der Waals surface area contributed by atoms with E-state index in [4.69, 9.17) is 0 Å². The molecule has 0 aromatic carbocycles. The predicted molar refractivity (Wildman–Crippen MR) is 76.4 cm³/mol. The first-order chi connectivity index (χ1) is 9.24. The van der Waals surface area contributed by atoms with Crippen molar-refractivity contribution < 1.29 is 4.79 Å². The van der Waals surface area contributed by atoms with E-state index in [1.807, 2.05) is 0 Å². The Hall–Kier alpha value is -1.62. The molecule has 0 radical (unpaired) electrons. The highest BCUT2D eigenvalue weighted by Gasteiger charge is 2.27. The minimum Gasteiger partial charge on any atom is -0.373 e. The maximum absolute atomic E-state index is 11.9. The van der Waals surface area contributed by atoms with E-state index >= 15 is 0 Å². The maximum atomic E-state index is 11.9. The largest absolute Gasteiger partial charge is 0.373 e. The Bertz CT molecular complexity index is 414. The maximum Gasteiger partial charge on any atom is 0.252 e. The van der Waals surface area contributed by atoms with Gasteiger partial charge in [-0.15, -0.1) is 0 Å². The van der Waals surface area contributed by atoms with Crippen LogP contribution in [-0.2, 0) is 0 Å². The molecule has 2 rings (SSSR count). The highest BCUT2D eigenvalue weighted by atomic mass is 16.1. The number of hydrogen-bond acceptors (Lipinski definition) is 4. The number of anilines is 1. The van der Waals surface area contributed by atoms with Crippen molar-refractivity contribution in [3.05, 3.63) is 23.9 Å². The average molecular weight is 262 g/mol. The SMILES string of the molecule is CCN(CCNC(=O)c1ccc(NC)nc1)C1CC1. The van der Waals surface area contributed by atoms with Crippen LogP contribution in [0.3, 0.4) is 0 Å². The number of rotatable bonds is 7. The smallest absolute Gasteiger partial charge is 0.252 e. The van der Waals surface area contributed by atoms with E-state index < -0.39 is 0 Å². The van der Waals surface area contributed by atoms with Gasteiger partial charge in [-0.3, -0.25) is 9.69 Å². The van der Waals surface area contributed by atoms with Crippen LogP contribution in [0.25, 0.3) is 0 Å². The summed E-state index contributed by atoms with van der Waals surface area (Å²) in [6.45, 7) is 4.84. The molecule has 19 heavy (non-hydrogen) atoms. The van der Waals surface area contributed by atoms with E-state index in [1.54, 1.807) is 25.4 Å². The molecule has 2 N–H and O–H groups in total. The van der Waals surface area contributed by atoms with Gasteiger partial charge in [0.15, 0.2) is 0 Å². The standard InChI is InChI=1S/C14H22N4O/c1-3-18(12-5-6-12)9-8-16-14(19)11-4-7-13(15-2)17-10-11/h4,7,10,12H,3,5-6,8-9H2,1-2H3,(H,15,17)(H,16,19). The number of aromatic nitrogens is 1. The molecule has 1 saturated carbocycles. The quantitative estimate of drug-likeness (QED) is 0.778. The fourth-order valence-electron chi connectivity index (χ4n) is 2.13. The van der Waals surface area contributed by atoms with E-state index in [0.29, 0.717) is 12.1 Å². The molecule has 5 nitrogen and oxygen atoms in total. The Morgan fingerprint density at radius 1 is 1.47 bits per heavy atom. The molecule has 104 valence electrons. The molecule has 1 aromatic heterocycles. The van der Waals surface area contributed by atoms with E-state index in [-0.39, 0.29) is 5.91 Å². The first kappa shape index (κ1) is 13.8. The summed E-state index contributed by atoms with van der Waals surface area (Å²) in [5.74, 6) is 0.712. The number of pyridine rings is 1. The van der Waals surface area contributed by atoms with Gasteiger partial charge in [-0.05, 0) is 31.5 Å². The van der Waals surface area contributed by atoms with Crippen molar-refractivity contribution in [1.29, 1.82) is 0 Å². The minimum atomic E-state index is -0.0537. The third kappa shape index (κ3) is 3.92. The van der Waals surface area contributed by atoms with Crippen molar-refractivity contribution in [1.82, 2.24) is 15.2 Å². The third-order valence-corrected chi connectivity index (χ3v) is 3.44. The lowest BCUT2D eigenvalue weighted by Gasteiger charge is -2.19. The van der Waals surface area contributed by atoms with Gasteiger partial charge in [0, 0.05) is 32.4 Å².